The van der Waals surface area contributed by atoms with Crippen molar-refractivity contribution in [3.8, 4) is 0 Å². The van der Waals surface area contributed by atoms with Crippen LogP contribution in [0.4, 0.5) is 0 Å². The third-order valence-corrected chi connectivity index (χ3v) is 2.62. The van der Waals surface area contributed by atoms with Gasteiger partial charge in [-0.05, 0) is 12.1 Å². The summed E-state index contributed by atoms with van der Waals surface area (Å²) in [5, 5.41) is 17.3. The molecule has 0 aromatic heterocycles. The van der Waals surface area contributed by atoms with Gasteiger partial charge in [0, 0.05) is 0 Å². The van der Waals surface area contributed by atoms with Gasteiger partial charge in [-0.15, -0.1) is 0 Å². The minimum absolute atomic E-state index is 0. The molecule has 0 atom stereocenters. The van der Waals surface area contributed by atoms with Crippen LogP contribution >= 0.6 is 0 Å². The monoisotopic (exact) mass is 284 g/mol. The summed E-state index contributed by atoms with van der Waals surface area (Å²) >= 11 is 0. The number of carboxylic acids is 2. The zero-order valence-electron chi connectivity index (χ0n) is 8.58. The van der Waals surface area contributed by atoms with E-state index in [4.69, 9.17) is 10.2 Å². The Bertz CT molecular complexity index is 563. The van der Waals surface area contributed by atoms with Crippen molar-refractivity contribution in [2.45, 2.75) is 4.90 Å². The Hall–Kier alpha value is -0.294. The van der Waals surface area contributed by atoms with Crippen LogP contribution in [0, 0.1) is 0 Å². The molecule has 0 heterocycles. The maximum absolute atomic E-state index is 10.7. The van der Waals surface area contributed by atoms with Crippen molar-refractivity contribution < 1.29 is 84.2 Å². The largest absolute Gasteiger partial charge is 1.00 e. The van der Waals surface area contributed by atoms with E-state index in [0.29, 0.717) is 0 Å². The van der Waals surface area contributed by atoms with E-state index in [9.17, 15) is 22.6 Å². The van der Waals surface area contributed by atoms with Crippen LogP contribution in [0.15, 0.2) is 23.1 Å². The number of rotatable bonds is 3. The fraction of sp³-hybridized carbons (Fsp3) is 0. The average molecular weight is 284 g/mol. The summed E-state index contributed by atoms with van der Waals surface area (Å²) in [5.74, 6) is -3.41. The van der Waals surface area contributed by atoms with Crippen molar-refractivity contribution in [3.05, 3.63) is 29.3 Å². The molecule has 0 spiro atoms. The van der Waals surface area contributed by atoms with Crippen molar-refractivity contribution >= 4 is 22.1 Å². The minimum Gasteiger partial charge on any atom is -0.744 e. The summed E-state index contributed by atoms with van der Waals surface area (Å²) < 4.78 is 32.2. The quantitative estimate of drug-likeness (QED) is 0.446. The number of hydrogen-bond donors (Lipinski definition) is 2. The molecular weight excluding hydrogens is 279 g/mol. The Morgan fingerprint density at radius 3 is 2.00 bits per heavy atom. The van der Waals surface area contributed by atoms with Gasteiger partial charge in [0.25, 0.3) is 0 Å². The van der Waals surface area contributed by atoms with E-state index in [2.05, 4.69) is 0 Å². The van der Waals surface area contributed by atoms with E-state index in [1.54, 1.807) is 0 Å². The molecular formula is C8H5KO7S. The molecule has 1 rings (SSSR count). The molecule has 9 heteroatoms. The van der Waals surface area contributed by atoms with E-state index in [0.717, 1.165) is 18.2 Å². The molecule has 0 bridgehead atoms. The van der Waals surface area contributed by atoms with Crippen molar-refractivity contribution in [2.24, 2.45) is 0 Å². The second-order valence-electron chi connectivity index (χ2n) is 2.74. The smallest absolute Gasteiger partial charge is 0.744 e. The van der Waals surface area contributed by atoms with Gasteiger partial charge in [-0.3, -0.25) is 0 Å². The van der Waals surface area contributed by atoms with Crippen LogP contribution in [0.5, 0.6) is 0 Å². The van der Waals surface area contributed by atoms with Crippen LogP contribution in [0.25, 0.3) is 0 Å². The van der Waals surface area contributed by atoms with Gasteiger partial charge in [0.2, 0.25) is 0 Å². The number of hydrogen-bond acceptors (Lipinski definition) is 5. The first-order valence-electron chi connectivity index (χ1n) is 3.80. The zero-order valence-corrected chi connectivity index (χ0v) is 12.5. The van der Waals surface area contributed by atoms with Crippen LogP contribution in [-0.4, -0.2) is 35.1 Å². The van der Waals surface area contributed by atoms with E-state index in [-0.39, 0.29) is 51.4 Å². The molecule has 0 radical (unpaired) electrons. The number of aromatic carboxylic acids is 2. The molecule has 0 fully saturated rings. The number of carboxylic acid groups (broad SMARTS) is 2. The van der Waals surface area contributed by atoms with E-state index in [1.165, 1.54) is 0 Å². The van der Waals surface area contributed by atoms with Crippen LogP contribution in [0.3, 0.4) is 0 Å². The molecule has 0 amide bonds. The topological polar surface area (TPSA) is 132 Å². The van der Waals surface area contributed by atoms with Gasteiger partial charge < -0.3 is 14.8 Å². The summed E-state index contributed by atoms with van der Waals surface area (Å²) in [6, 6.07) is 2.64. The SMILES string of the molecule is O=C(O)c1cccc(S(=O)(=O)[O-])c1C(=O)O.[K+]. The summed E-state index contributed by atoms with van der Waals surface area (Å²) in [6.07, 6.45) is 0. The Balaban J connectivity index is 0.00000256. The second kappa shape index (κ2) is 6.04. The average Bonchev–Trinajstić information content (AvgIpc) is 2.14. The Labute approximate surface area is 139 Å². The molecule has 0 aliphatic carbocycles. The van der Waals surface area contributed by atoms with Gasteiger partial charge >= 0.3 is 63.3 Å². The first-order valence-corrected chi connectivity index (χ1v) is 5.21. The van der Waals surface area contributed by atoms with Gasteiger partial charge in [0.05, 0.1) is 16.0 Å². The summed E-state index contributed by atoms with van der Waals surface area (Å²) in [5.41, 5.74) is -1.77. The first-order chi connectivity index (χ1) is 7.25. The molecule has 1 aromatic rings. The third kappa shape index (κ3) is 3.84. The van der Waals surface area contributed by atoms with Crippen molar-refractivity contribution in [3.63, 3.8) is 0 Å². The van der Waals surface area contributed by atoms with Gasteiger partial charge in [0.1, 0.15) is 10.1 Å². The van der Waals surface area contributed by atoms with Gasteiger partial charge in [-0.2, -0.15) is 0 Å². The normalized spacial score (nSPS) is 10.4. The minimum atomic E-state index is -5.03. The van der Waals surface area contributed by atoms with Gasteiger partial charge in [-0.25, -0.2) is 18.0 Å². The Morgan fingerprint density at radius 1 is 1.12 bits per heavy atom. The molecule has 0 aliphatic heterocycles. The zero-order chi connectivity index (χ0) is 12.5. The van der Waals surface area contributed by atoms with Crippen molar-refractivity contribution in [1.82, 2.24) is 0 Å². The number of carbonyl (C=O) groups is 2. The second-order valence-corrected chi connectivity index (χ2v) is 4.09. The predicted molar refractivity (Wildman–Crippen MR) is 48.3 cm³/mol. The van der Waals surface area contributed by atoms with Crippen LogP contribution in [0.2, 0.25) is 0 Å². The van der Waals surface area contributed by atoms with Crippen LogP contribution in [0.1, 0.15) is 20.7 Å². The van der Waals surface area contributed by atoms with Crippen molar-refractivity contribution in [1.29, 1.82) is 0 Å². The molecule has 86 valence electrons. The van der Waals surface area contributed by atoms with Gasteiger partial charge in [-0.1, -0.05) is 6.07 Å². The predicted octanol–water partition coefficient (Wildman–Crippen LogP) is -3.01. The van der Waals surface area contributed by atoms with Crippen LogP contribution < -0.4 is 51.4 Å². The first kappa shape index (κ1) is 16.7. The molecule has 0 unspecified atom stereocenters. The molecule has 0 saturated carbocycles. The molecule has 17 heavy (non-hydrogen) atoms. The Morgan fingerprint density at radius 2 is 1.65 bits per heavy atom. The van der Waals surface area contributed by atoms with Crippen LogP contribution in [-0.2, 0) is 10.1 Å². The fourth-order valence-corrected chi connectivity index (χ4v) is 1.83. The van der Waals surface area contributed by atoms with E-state index < -0.39 is 38.1 Å². The third-order valence-electron chi connectivity index (χ3n) is 1.74. The fourth-order valence-electron chi connectivity index (χ4n) is 1.14. The number of benzene rings is 1. The summed E-state index contributed by atoms with van der Waals surface area (Å²) in [4.78, 5) is 20.3. The molecule has 0 saturated heterocycles. The van der Waals surface area contributed by atoms with E-state index in [1.807, 2.05) is 0 Å². The maximum Gasteiger partial charge on any atom is 1.00 e. The standard InChI is InChI=1S/C8H6O7S.K/c9-7(10)4-2-1-3-5(16(13,14)15)6(4)8(11)12;/h1-3H,(H,9,10)(H,11,12)(H,13,14,15);/q;+1/p-1. The van der Waals surface area contributed by atoms with Gasteiger partial charge in [0.15, 0.2) is 0 Å². The summed E-state index contributed by atoms with van der Waals surface area (Å²) in [7, 11) is -5.03. The summed E-state index contributed by atoms with van der Waals surface area (Å²) in [6.45, 7) is 0. The Kier molecular flexibility index (Phi) is 5.94. The molecule has 2 N–H and O–H groups in total. The van der Waals surface area contributed by atoms with Crippen molar-refractivity contribution in [2.75, 3.05) is 0 Å². The molecule has 7 nitrogen and oxygen atoms in total. The maximum atomic E-state index is 10.7. The molecule has 1 aromatic carbocycles. The molecule has 0 aliphatic rings. The van der Waals surface area contributed by atoms with E-state index >= 15 is 0 Å².